The van der Waals surface area contributed by atoms with Gasteiger partial charge in [-0.05, 0) is 19.4 Å². The normalized spacial score (nSPS) is 20.7. The molecule has 2 rings (SSSR count). The Kier molecular flexibility index (Phi) is 4.14. The van der Waals surface area contributed by atoms with Gasteiger partial charge in [-0.15, -0.1) is 0 Å². The number of amides is 1. The standard InChI is InChI=1S/C12H14ClFN2O2/c1-7(8-2-3-18-6-8)16-12(17)10-4-9(14)5-15-11(10)13/h4-5,7-8H,2-3,6H2,1H3,(H,16,17). The van der Waals surface area contributed by atoms with Crippen LogP contribution in [0, 0.1) is 11.7 Å². The van der Waals surface area contributed by atoms with E-state index >= 15 is 0 Å². The summed E-state index contributed by atoms with van der Waals surface area (Å²) >= 11 is 5.77. The van der Waals surface area contributed by atoms with Crippen molar-refractivity contribution < 1.29 is 13.9 Å². The molecule has 1 N–H and O–H groups in total. The first-order valence-corrected chi connectivity index (χ1v) is 6.15. The highest BCUT2D eigenvalue weighted by Gasteiger charge is 2.24. The third kappa shape index (κ3) is 2.97. The number of hydrogen-bond acceptors (Lipinski definition) is 3. The first-order valence-electron chi connectivity index (χ1n) is 5.77. The van der Waals surface area contributed by atoms with Crippen molar-refractivity contribution in [2.24, 2.45) is 5.92 Å². The van der Waals surface area contributed by atoms with Gasteiger partial charge in [-0.2, -0.15) is 0 Å². The molecular weight excluding hydrogens is 259 g/mol. The number of rotatable bonds is 3. The Balaban J connectivity index is 2.04. The van der Waals surface area contributed by atoms with Crippen LogP contribution < -0.4 is 5.32 Å². The second-order valence-corrected chi connectivity index (χ2v) is 4.74. The predicted octanol–water partition coefficient (Wildman–Crippen LogP) is 2.03. The zero-order valence-corrected chi connectivity index (χ0v) is 10.7. The van der Waals surface area contributed by atoms with Crippen LogP contribution in [0.15, 0.2) is 12.3 Å². The average molecular weight is 273 g/mol. The number of nitrogens with zero attached hydrogens (tertiary/aromatic N) is 1. The number of aromatic nitrogens is 1. The maximum absolute atomic E-state index is 13.0. The molecule has 6 heteroatoms. The quantitative estimate of drug-likeness (QED) is 0.857. The molecule has 0 spiro atoms. The molecule has 1 amide bonds. The lowest BCUT2D eigenvalue weighted by molar-refractivity contribution is 0.0921. The molecule has 1 fully saturated rings. The molecule has 1 aromatic rings. The van der Waals surface area contributed by atoms with Crippen molar-refractivity contribution in [3.8, 4) is 0 Å². The number of nitrogens with one attached hydrogen (secondary N) is 1. The van der Waals surface area contributed by atoms with E-state index in [-0.39, 0.29) is 22.7 Å². The smallest absolute Gasteiger partial charge is 0.254 e. The largest absolute Gasteiger partial charge is 0.381 e. The number of hydrogen-bond donors (Lipinski definition) is 1. The zero-order chi connectivity index (χ0) is 13.1. The third-order valence-corrected chi connectivity index (χ3v) is 3.38. The van der Waals surface area contributed by atoms with E-state index < -0.39 is 11.7 Å². The number of halogens is 2. The van der Waals surface area contributed by atoms with Crippen LogP contribution in [0.2, 0.25) is 5.15 Å². The summed E-state index contributed by atoms with van der Waals surface area (Å²) in [4.78, 5) is 15.6. The Morgan fingerprint density at radius 2 is 2.50 bits per heavy atom. The van der Waals surface area contributed by atoms with Gasteiger partial charge in [0.25, 0.3) is 5.91 Å². The minimum Gasteiger partial charge on any atom is -0.381 e. The molecule has 98 valence electrons. The molecule has 1 aromatic heterocycles. The van der Waals surface area contributed by atoms with E-state index in [2.05, 4.69) is 10.3 Å². The molecular formula is C12H14ClFN2O2. The van der Waals surface area contributed by atoms with E-state index in [1.54, 1.807) is 0 Å². The number of ether oxygens (including phenoxy) is 1. The van der Waals surface area contributed by atoms with Crippen LogP contribution in [0.1, 0.15) is 23.7 Å². The molecule has 1 saturated heterocycles. The minimum atomic E-state index is -0.582. The van der Waals surface area contributed by atoms with Gasteiger partial charge in [-0.3, -0.25) is 4.79 Å². The number of pyridine rings is 1. The molecule has 2 atom stereocenters. The van der Waals surface area contributed by atoms with E-state index in [0.29, 0.717) is 13.2 Å². The molecule has 1 aliphatic rings. The summed E-state index contributed by atoms with van der Waals surface area (Å²) in [5.41, 5.74) is 0.0578. The second-order valence-electron chi connectivity index (χ2n) is 4.38. The molecule has 0 saturated carbocycles. The van der Waals surface area contributed by atoms with Gasteiger partial charge in [-0.1, -0.05) is 11.6 Å². The third-order valence-electron chi connectivity index (χ3n) is 3.08. The minimum absolute atomic E-state index is 0.00349. The summed E-state index contributed by atoms with van der Waals surface area (Å²) in [6.07, 6.45) is 1.89. The van der Waals surface area contributed by atoms with Gasteiger partial charge >= 0.3 is 0 Å². The molecule has 0 aromatic carbocycles. The number of carbonyl (C=O) groups excluding carboxylic acids is 1. The molecule has 2 heterocycles. The van der Waals surface area contributed by atoms with Crippen LogP contribution >= 0.6 is 11.6 Å². The van der Waals surface area contributed by atoms with Crippen molar-refractivity contribution >= 4 is 17.5 Å². The van der Waals surface area contributed by atoms with Crippen molar-refractivity contribution in [1.82, 2.24) is 10.3 Å². The van der Waals surface area contributed by atoms with Crippen LogP contribution in [-0.4, -0.2) is 30.1 Å². The molecule has 4 nitrogen and oxygen atoms in total. The summed E-state index contributed by atoms with van der Waals surface area (Å²) in [5, 5.41) is 2.80. The fourth-order valence-corrected chi connectivity index (χ4v) is 2.12. The summed E-state index contributed by atoms with van der Waals surface area (Å²) in [5.74, 6) is -0.706. The van der Waals surface area contributed by atoms with Crippen molar-refractivity contribution in [2.75, 3.05) is 13.2 Å². The molecule has 2 unspecified atom stereocenters. The fraction of sp³-hybridized carbons (Fsp3) is 0.500. The molecule has 0 bridgehead atoms. The Morgan fingerprint density at radius 1 is 1.72 bits per heavy atom. The van der Waals surface area contributed by atoms with E-state index in [4.69, 9.17) is 16.3 Å². The van der Waals surface area contributed by atoms with Gasteiger partial charge in [0, 0.05) is 18.6 Å². The van der Waals surface area contributed by atoms with Crippen LogP contribution in [0.25, 0.3) is 0 Å². The van der Waals surface area contributed by atoms with Crippen molar-refractivity contribution in [2.45, 2.75) is 19.4 Å². The van der Waals surface area contributed by atoms with Gasteiger partial charge in [-0.25, -0.2) is 9.37 Å². The fourth-order valence-electron chi connectivity index (χ4n) is 1.93. The average Bonchev–Trinajstić information content (AvgIpc) is 2.85. The molecule has 1 aliphatic heterocycles. The highest BCUT2D eigenvalue weighted by Crippen LogP contribution is 2.18. The lowest BCUT2D eigenvalue weighted by Crippen LogP contribution is -2.38. The van der Waals surface area contributed by atoms with Crippen LogP contribution in [-0.2, 0) is 4.74 Å². The van der Waals surface area contributed by atoms with Gasteiger partial charge in [0.1, 0.15) is 11.0 Å². The SMILES string of the molecule is CC(NC(=O)c1cc(F)cnc1Cl)C1CCOC1. The number of carbonyl (C=O) groups is 1. The predicted molar refractivity (Wildman–Crippen MR) is 65.1 cm³/mol. The Hall–Kier alpha value is -1.20. The first kappa shape index (κ1) is 13.2. The Labute approximate surface area is 109 Å². The van der Waals surface area contributed by atoms with Gasteiger partial charge in [0.15, 0.2) is 0 Å². The topological polar surface area (TPSA) is 51.2 Å². The molecule has 18 heavy (non-hydrogen) atoms. The molecule has 0 aliphatic carbocycles. The highest BCUT2D eigenvalue weighted by atomic mass is 35.5. The van der Waals surface area contributed by atoms with E-state index in [0.717, 1.165) is 18.7 Å². The summed E-state index contributed by atoms with van der Waals surface area (Å²) in [6.45, 7) is 3.25. The van der Waals surface area contributed by atoms with E-state index in [1.807, 2.05) is 6.92 Å². The van der Waals surface area contributed by atoms with Gasteiger partial charge in [0.05, 0.1) is 18.4 Å². The van der Waals surface area contributed by atoms with Crippen molar-refractivity contribution in [3.63, 3.8) is 0 Å². The second kappa shape index (κ2) is 5.63. The lowest BCUT2D eigenvalue weighted by Gasteiger charge is -2.19. The van der Waals surface area contributed by atoms with Crippen LogP contribution in [0.4, 0.5) is 4.39 Å². The Morgan fingerprint density at radius 3 is 3.17 bits per heavy atom. The monoisotopic (exact) mass is 272 g/mol. The Bertz CT molecular complexity index is 450. The summed E-state index contributed by atoms with van der Waals surface area (Å²) < 4.78 is 18.3. The maximum atomic E-state index is 13.0. The summed E-state index contributed by atoms with van der Waals surface area (Å²) in [6, 6.07) is 1.04. The van der Waals surface area contributed by atoms with Crippen LogP contribution in [0.3, 0.4) is 0 Å². The van der Waals surface area contributed by atoms with E-state index in [1.165, 1.54) is 0 Å². The van der Waals surface area contributed by atoms with Crippen molar-refractivity contribution in [3.05, 3.63) is 28.8 Å². The maximum Gasteiger partial charge on any atom is 0.254 e. The summed E-state index contributed by atoms with van der Waals surface area (Å²) in [7, 11) is 0. The van der Waals surface area contributed by atoms with Gasteiger partial charge < -0.3 is 10.1 Å². The zero-order valence-electron chi connectivity index (χ0n) is 9.95. The first-order chi connectivity index (χ1) is 8.58. The molecule has 0 radical (unpaired) electrons. The lowest BCUT2D eigenvalue weighted by atomic mass is 10.0. The van der Waals surface area contributed by atoms with Crippen LogP contribution in [0.5, 0.6) is 0 Å². The van der Waals surface area contributed by atoms with Gasteiger partial charge in [0.2, 0.25) is 0 Å². The van der Waals surface area contributed by atoms with Crippen molar-refractivity contribution in [1.29, 1.82) is 0 Å². The highest BCUT2D eigenvalue weighted by molar-refractivity contribution is 6.32. The van der Waals surface area contributed by atoms with E-state index in [9.17, 15) is 9.18 Å².